The Morgan fingerprint density at radius 2 is 1.70 bits per heavy atom. The predicted octanol–water partition coefficient (Wildman–Crippen LogP) is 4.38. The van der Waals surface area contributed by atoms with Crippen molar-refractivity contribution in [1.29, 1.82) is 0 Å². The summed E-state index contributed by atoms with van der Waals surface area (Å²) in [6, 6.07) is 0. The number of allylic oxidation sites excluding steroid dienone is 1. The summed E-state index contributed by atoms with van der Waals surface area (Å²) in [5, 5.41) is 11.0. The van der Waals surface area contributed by atoms with E-state index >= 15 is 0 Å². The zero-order chi connectivity index (χ0) is 24.4. The van der Waals surface area contributed by atoms with Crippen molar-refractivity contribution in [2.75, 3.05) is 0 Å². The quantitative estimate of drug-likeness (QED) is 0.374. The molecule has 4 fully saturated rings. The van der Waals surface area contributed by atoms with Crippen LogP contribution in [0.15, 0.2) is 11.6 Å². The van der Waals surface area contributed by atoms with Crippen molar-refractivity contribution < 1.29 is 29.0 Å². The topological polar surface area (TPSA) is 89.9 Å². The Morgan fingerprint density at radius 3 is 2.33 bits per heavy atom. The van der Waals surface area contributed by atoms with Crippen LogP contribution < -0.4 is 0 Å². The molecule has 3 aliphatic carbocycles. The second kappa shape index (κ2) is 7.93. The van der Waals surface area contributed by atoms with Gasteiger partial charge in [-0.05, 0) is 79.6 Å². The lowest BCUT2D eigenvalue weighted by atomic mass is 9.37. The Labute approximate surface area is 197 Å². The minimum absolute atomic E-state index is 0.0129. The van der Waals surface area contributed by atoms with Crippen LogP contribution in [0.3, 0.4) is 0 Å². The van der Waals surface area contributed by atoms with E-state index in [2.05, 4.69) is 27.7 Å². The van der Waals surface area contributed by atoms with E-state index in [1.807, 2.05) is 6.92 Å². The molecule has 0 amide bonds. The molecule has 3 saturated carbocycles. The number of hydrogen-bond donors (Lipinski definition) is 1. The third-order valence-electron chi connectivity index (χ3n) is 10.3. The van der Waals surface area contributed by atoms with Crippen molar-refractivity contribution in [3.63, 3.8) is 0 Å². The summed E-state index contributed by atoms with van der Waals surface area (Å²) in [4.78, 5) is 36.3. The largest absolute Gasteiger partial charge is 0.458 e. The van der Waals surface area contributed by atoms with E-state index in [-0.39, 0.29) is 33.7 Å². The van der Waals surface area contributed by atoms with Gasteiger partial charge in [0.05, 0.1) is 11.7 Å². The number of hydrogen-bond acceptors (Lipinski definition) is 6. The first-order valence-electron chi connectivity index (χ1n) is 12.5. The van der Waals surface area contributed by atoms with Gasteiger partial charge in [0, 0.05) is 12.8 Å². The third-order valence-corrected chi connectivity index (χ3v) is 10.3. The van der Waals surface area contributed by atoms with Crippen molar-refractivity contribution >= 4 is 18.2 Å². The highest BCUT2D eigenvalue weighted by atomic mass is 16.6. The van der Waals surface area contributed by atoms with Gasteiger partial charge in [-0.3, -0.25) is 9.59 Å². The molecule has 184 valence electrons. The fraction of sp³-hybridized carbons (Fsp3) is 0.815. The molecule has 8 unspecified atom stereocenters. The molecule has 4 rings (SSSR count). The van der Waals surface area contributed by atoms with Gasteiger partial charge >= 0.3 is 11.9 Å². The van der Waals surface area contributed by atoms with Gasteiger partial charge < -0.3 is 14.6 Å². The van der Waals surface area contributed by atoms with Crippen LogP contribution in [0.1, 0.15) is 86.5 Å². The van der Waals surface area contributed by atoms with Crippen LogP contribution in [0.25, 0.3) is 0 Å². The number of fused-ring (bicyclic) bond motifs is 5. The molecule has 0 aromatic heterocycles. The van der Waals surface area contributed by atoms with E-state index in [1.165, 1.54) is 19.8 Å². The molecule has 0 bridgehead atoms. The number of esters is 2. The molecule has 6 nitrogen and oxygen atoms in total. The lowest BCUT2D eigenvalue weighted by Crippen LogP contribution is -2.68. The standard InChI is InChI=1S/C27H40O6/c1-16(29)32-22-15-20-25(4)11-7-10-24(2,3)19(25)8-12-26(20,5)21-14-18(30)17(9-13-28)23(31)33-27(21,22)6/h9,13,18-22,30H,7-8,10-12,14-15H2,1-6H3. The molecule has 6 heteroatoms. The number of aldehydes is 1. The Morgan fingerprint density at radius 1 is 1.03 bits per heavy atom. The van der Waals surface area contributed by atoms with Gasteiger partial charge in [0.25, 0.3) is 0 Å². The molecule has 0 aromatic carbocycles. The van der Waals surface area contributed by atoms with Crippen LogP contribution in [-0.4, -0.2) is 41.1 Å². The molecule has 8 atom stereocenters. The van der Waals surface area contributed by atoms with Gasteiger partial charge in [-0.15, -0.1) is 0 Å². The summed E-state index contributed by atoms with van der Waals surface area (Å²) >= 11 is 0. The first-order valence-corrected chi connectivity index (χ1v) is 12.5. The van der Waals surface area contributed by atoms with E-state index in [0.29, 0.717) is 25.0 Å². The zero-order valence-corrected chi connectivity index (χ0v) is 21.0. The summed E-state index contributed by atoms with van der Waals surface area (Å²) < 4.78 is 12.0. The van der Waals surface area contributed by atoms with Gasteiger partial charge in [0.15, 0.2) is 0 Å². The van der Waals surface area contributed by atoms with Gasteiger partial charge in [-0.1, -0.05) is 34.1 Å². The van der Waals surface area contributed by atoms with E-state index < -0.39 is 29.7 Å². The molecule has 0 aromatic rings. The van der Waals surface area contributed by atoms with Gasteiger partial charge in [-0.2, -0.15) is 0 Å². The Bertz CT molecular complexity index is 876. The van der Waals surface area contributed by atoms with E-state index in [0.717, 1.165) is 25.3 Å². The smallest absolute Gasteiger partial charge is 0.337 e. The number of ether oxygens (including phenoxy) is 2. The lowest BCUT2D eigenvalue weighted by Gasteiger charge is -2.68. The number of aliphatic hydroxyl groups is 1. The Balaban J connectivity index is 1.84. The average molecular weight is 461 g/mol. The minimum Gasteiger partial charge on any atom is -0.458 e. The van der Waals surface area contributed by atoms with Crippen molar-refractivity contribution in [2.24, 2.45) is 34.0 Å². The average Bonchev–Trinajstić information content (AvgIpc) is 2.79. The summed E-state index contributed by atoms with van der Waals surface area (Å²) in [7, 11) is 0. The maximum absolute atomic E-state index is 13.0. The van der Waals surface area contributed by atoms with Crippen LogP contribution in [0, 0.1) is 34.0 Å². The van der Waals surface area contributed by atoms with Crippen LogP contribution in [0.2, 0.25) is 0 Å². The SMILES string of the molecule is CC(=O)OC1CC2C3(C)CCCC(C)(C)C3CCC2(C)C2CC(O)C(=CC=O)C(=O)OC12C. The predicted molar refractivity (Wildman–Crippen MR) is 123 cm³/mol. The van der Waals surface area contributed by atoms with Crippen molar-refractivity contribution in [3.05, 3.63) is 11.6 Å². The number of carbonyl (C=O) groups is 3. The second-order valence-electron chi connectivity index (χ2n) is 12.5. The maximum atomic E-state index is 13.0. The highest BCUT2D eigenvalue weighted by Crippen LogP contribution is 2.71. The molecule has 1 saturated heterocycles. The molecule has 0 radical (unpaired) electrons. The van der Waals surface area contributed by atoms with Gasteiger partial charge in [0.2, 0.25) is 0 Å². The first-order chi connectivity index (χ1) is 15.3. The number of aliphatic hydroxyl groups excluding tert-OH is 1. The van der Waals surface area contributed by atoms with Gasteiger partial charge in [-0.25, -0.2) is 4.79 Å². The maximum Gasteiger partial charge on any atom is 0.337 e. The van der Waals surface area contributed by atoms with Crippen molar-refractivity contribution in [1.82, 2.24) is 0 Å². The molecular weight excluding hydrogens is 420 g/mol. The summed E-state index contributed by atoms with van der Waals surface area (Å²) in [6.45, 7) is 12.8. The summed E-state index contributed by atoms with van der Waals surface area (Å²) in [5.74, 6) is -0.448. The number of rotatable bonds is 2. The summed E-state index contributed by atoms with van der Waals surface area (Å²) in [5.41, 5.74) is -0.942. The summed E-state index contributed by atoms with van der Waals surface area (Å²) in [6.07, 6.45) is 6.50. The van der Waals surface area contributed by atoms with E-state index in [9.17, 15) is 19.5 Å². The molecule has 0 spiro atoms. The first kappa shape index (κ1) is 24.4. The van der Waals surface area contributed by atoms with E-state index in [4.69, 9.17) is 9.47 Å². The molecule has 1 N–H and O–H groups in total. The molecule has 4 aliphatic rings. The van der Waals surface area contributed by atoms with E-state index in [1.54, 1.807) is 0 Å². The fourth-order valence-corrected chi connectivity index (χ4v) is 8.97. The highest BCUT2D eigenvalue weighted by Gasteiger charge is 2.69. The highest BCUT2D eigenvalue weighted by molar-refractivity contribution is 5.94. The molecular formula is C27H40O6. The zero-order valence-electron chi connectivity index (χ0n) is 21.0. The van der Waals surface area contributed by atoms with Crippen LogP contribution in [0.4, 0.5) is 0 Å². The normalized spacial score (nSPS) is 47.9. The monoisotopic (exact) mass is 460 g/mol. The Kier molecular flexibility index (Phi) is 5.87. The van der Waals surface area contributed by atoms with Crippen LogP contribution in [-0.2, 0) is 23.9 Å². The molecule has 33 heavy (non-hydrogen) atoms. The Hall–Kier alpha value is -1.69. The van der Waals surface area contributed by atoms with Crippen LogP contribution in [0.5, 0.6) is 0 Å². The number of carbonyl (C=O) groups excluding carboxylic acids is 3. The second-order valence-corrected chi connectivity index (χ2v) is 12.5. The molecule has 1 aliphatic heterocycles. The third kappa shape index (κ3) is 3.59. The van der Waals surface area contributed by atoms with Gasteiger partial charge in [0.1, 0.15) is 18.0 Å². The minimum atomic E-state index is -1.09. The fourth-order valence-electron chi connectivity index (χ4n) is 8.97. The van der Waals surface area contributed by atoms with Crippen LogP contribution >= 0.6 is 0 Å². The molecule has 1 heterocycles. The van der Waals surface area contributed by atoms with Crippen molar-refractivity contribution in [2.45, 2.75) is 104 Å². The lowest BCUT2D eigenvalue weighted by molar-refractivity contribution is -0.258. The van der Waals surface area contributed by atoms with Crippen molar-refractivity contribution in [3.8, 4) is 0 Å².